The van der Waals surface area contributed by atoms with Crippen molar-refractivity contribution in [2.24, 2.45) is 11.8 Å². The number of carbonyl (C=O) groups excluding carboxylic acids is 6. The zero-order valence-corrected chi connectivity index (χ0v) is 35.8. The van der Waals surface area contributed by atoms with Gasteiger partial charge in [0.05, 0.1) is 38.8 Å². The van der Waals surface area contributed by atoms with E-state index in [1.54, 1.807) is 6.92 Å². The first-order valence-corrected chi connectivity index (χ1v) is 21.0. The minimum atomic E-state index is -1.24. The first-order chi connectivity index (χ1) is 28.7. The number of carbonyl (C=O) groups is 6. The summed E-state index contributed by atoms with van der Waals surface area (Å²) in [7, 11) is 0. The molecule has 326 valence electrons. The molecule has 2 heterocycles. The highest BCUT2D eigenvalue weighted by atomic mass is 16.6. The predicted octanol–water partition coefficient (Wildman–Crippen LogP) is 3.21. The largest absolute Gasteiger partial charge is 0.444 e. The van der Waals surface area contributed by atoms with Crippen LogP contribution in [0.1, 0.15) is 77.8 Å². The molecule has 0 saturated carbocycles. The molecule has 2 aromatic carbocycles. The van der Waals surface area contributed by atoms with Crippen LogP contribution in [0, 0.1) is 24.2 Å². The van der Waals surface area contributed by atoms with Crippen molar-refractivity contribution in [2.75, 3.05) is 46.2 Å². The monoisotopic (exact) mass is 829 g/mol. The fraction of sp³-hybridized carbons (Fsp3) is 0.565. The summed E-state index contributed by atoms with van der Waals surface area (Å²) in [5.41, 5.74) is 0.704. The van der Waals surface area contributed by atoms with Crippen LogP contribution in [0.2, 0.25) is 0 Å². The van der Waals surface area contributed by atoms with E-state index in [2.05, 4.69) is 21.9 Å². The molecule has 4 amide bonds. The Morgan fingerprint density at radius 3 is 2.02 bits per heavy atom. The normalized spacial score (nSPS) is 18.3. The van der Waals surface area contributed by atoms with Gasteiger partial charge in [0.2, 0.25) is 23.6 Å². The number of hydrogen-bond acceptors (Lipinski definition) is 10. The van der Waals surface area contributed by atoms with Crippen LogP contribution in [-0.4, -0.2) is 121 Å². The minimum absolute atomic E-state index is 0.0390. The summed E-state index contributed by atoms with van der Waals surface area (Å²) in [5.74, 6) is -0.845. The smallest absolute Gasteiger partial charge is 0.308 e. The lowest BCUT2D eigenvalue weighted by Crippen LogP contribution is -2.60. The van der Waals surface area contributed by atoms with E-state index >= 15 is 0 Å². The number of benzene rings is 2. The second kappa shape index (κ2) is 23.6. The van der Waals surface area contributed by atoms with Crippen LogP contribution < -0.4 is 16.0 Å². The van der Waals surface area contributed by atoms with Gasteiger partial charge in [0, 0.05) is 25.9 Å². The van der Waals surface area contributed by atoms with Gasteiger partial charge < -0.3 is 30.2 Å². The van der Waals surface area contributed by atoms with Crippen LogP contribution in [0.5, 0.6) is 0 Å². The highest BCUT2D eigenvalue weighted by Crippen LogP contribution is 2.30. The minimum Gasteiger partial charge on any atom is -0.444 e. The van der Waals surface area contributed by atoms with Gasteiger partial charge in [0.15, 0.2) is 12.5 Å². The molecule has 5 atom stereocenters. The van der Waals surface area contributed by atoms with Gasteiger partial charge in [-0.15, -0.1) is 12.3 Å². The molecule has 0 bridgehead atoms. The molecule has 2 aliphatic rings. The Bertz CT molecular complexity index is 1770. The molecule has 60 heavy (non-hydrogen) atoms. The molecule has 0 radical (unpaired) electrons. The number of epoxide rings is 1. The molecule has 0 aliphatic carbocycles. The molecule has 3 N–H and O–H groups in total. The first-order valence-electron chi connectivity index (χ1n) is 21.0. The first kappa shape index (κ1) is 47.6. The molecule has 0 unspecified atom stereocenters. The Morgan fingerprint density at radius 1 is 0.833 bits per heavy atom. The average molecular weight is 830 g/mol. The van der Waals surface area contributed by atoms with Crippen molar-refractivity contribution < 1.29 is 43.0 Å². The standard InChI is InChI=1S/C46H63N5O9/c1-7-8-19-41(53)59-31-51(45(57)36(21-20-34-15-11-9-12-16-34)47-40(52)29-50-22-24-58-25-23-50)39(27-33(4)5)44(56)49-38(28-35-17-13-10-14-18-35)43(55)48-37(26-32(2)3)42(54)46(6)30-60-46/h1,9-18,32-33,36-39H,8,19-31H2,2-6H3,(H,47,52)(H,48,55)(H,49,56)/t36-,37-,38-,39-,46-/m0/s1. The number of rotatable bonds is 24. The fourth-order valence-corrected chi connectivity index (χ4v) is 7.05. The second-order valence-electron chi connectivity index (χ2n) is 16.7. The molecule has 2 aromatic rings. The van der Waals surface area contributed by atoms with Crippen molar-refractivity contribution in [3.05, 3.63) is 71.8 Å². The number of ether oxygens (including phenoxy) is 3. The zero-order valence-electron chi connectivity index (χ0n) is 35.8. The van der Waals surface area contributed by atoms with Gasteiger partial charge in [-0.2, -0.15) is 0 Å². The third-order valence-electron chi connectivity index (χ3n) is 10.5. The molecule has 14 nitrogen and oxygen atoms in total. The summed E-state index contributed by atoms with van der Waals surface area (Å²) < 4.78 is 16.5. The number of esters is 1. The van der Waals surface area contributed by atoms with Gasteiger partial charge in [-0.25, -0.2) is 0 Å². The molecule has 4 rings (SSSR count). The highest BCUT2D eigenvalue weighted by molar-refractivity contribution is 5.99. The highest BCUT2D eigenvalue weighted by Gasteiger charge is 2.50. The average Bonchev–Trinajstić information content (AvgIpc) is 3.98. The van der Waals surface area contributed by atoms with E-state index < -0.39 is 60.2 Å². The van der Waals surface area contributed by atoms with E-state index in [1.165, 1.54) is 4.90 Å². The van der Waals surface area contributed by atoms with E-state index in [4.69, 9.17) is 20.6 Å². The van der Waals surface area contributed by atoms with E-state index in [9.17, 15) is 28.8 Å². The second-order valence-corrected chi connectivity index (χ2v) is 16.7. The topological polar surface area (TPSA) is 176 Å². The summed E-state index contributed by atoms with van der Waals surface area (Å²) in [6, 6.07) is 14.3. The van der Waals surface area contributed by atoms with E-state index in [0.717, 1.165) is 11.1 Å². The van der Waals surface area contributed by atoms with Crippen LogP contribution in [0.15, 0.2) is 60.7 Å². The van der Waals surface area contributed by atoms with Crippen molar-refractivity contribution in [3.63, 3.8) is 0 Å². The van der Waals surface area contributed by atoms with Gasteiger partial charge in [-0.1, -0.05) is 88.4 Å². The molecule has 14 heteroatoms. The Kier molecular flexibility index (Phi) is 18.7. The maximum Gasteiger partial charge on any atom is 0.308 e. The zero-order chi connectivity index (χ0) is 43.7. The van der Waals surface area contributed by atoms with Crippen molar-refractivity contribution in [1.29, 1.82) is 0 Å². The van der Waals surface area contributed by atoms with Crippen LogP contribution >= 0.6 is 0 Å². The van der Waals surface area contributed by atoms with Gasteiger partial charge in [0.25, 0.3) is 0 Å². The molecule has 2 saturated heterocycles. The number of amides is 4. The number of morpholine rings is 1. The predicted molar refractivity (Wildman–Crippen MR) is 226 cm³/mol. The van der Waals surface area contributed by atoms with E-state index in [-0.39, 0.29) is 68.8 Å². The van der Waals surface area contributed by atoms with E-state index in [1.807, 2.05) is 93.3 Å². The molecule has 2 aliphatic heterocycles. The van der Waals surface area contributed by atoms with Gasteiger partial charge in [0.1, 0.15) is 23.7 Å². The molecular formula is C46H63N5O9. The lowest BCUT2D eigenvalue weighted by molar-refractivity contribution is -0.160. The molecular weight excluding hydrogens is 767 g/mol. The summed E-state index contributed by atoms with van der Waals surface area (Å²) in [6.45, 7) is 11.1. The third kappa shape index (κ3) is 15.5. The van der Waals surface area contributed by atoms with Crippen molar-refractivity contribution in [3.8, 4) is 12.3 Å². The molecule has 2 fully saturated rings. The quantitative estimate of drug-likeness (QED) is 0.0617. The number of aryl methyl sites for hydroxylation is 1. The fourth-order valence-electron chi connectivity index (χ4n) is 7.05. The van der Waals surface area contributed by atoms with Crippen molar-refractivity contribution in [2.45, 2.75) is 109 Å². The summed E-state index contributed by atoms with van der Waals surface area (Å²) in [5, 5.41) is 8.74. The summed E-state index contributed by atoms with van der Waals surface area (Å²) in [6.07, 6.45) is 6.57. The lowest BCUT2D eigenvalue weighted by atomic mass is 9.93. The number of nitrogens with zero attached hydrogens (tertiary/aromatic N) is 2. The summed E-state index contributed by atoms with van der Waals surface area (Å²) in [4.78, 5) is 87.0. The third-order valence-corrected chi connectivity index (χ3v) is 10.5. The Labute approximate surface area is 354 Å². The number of hydrogen-bond donors (Lipinski definition) is 3. The molecule has 0 aromatic heterocycles. The summed E-state index contributed by atoms with van der Waals surface area (Å²) >= 11 is 0. The lowest BCUT2D eigenvalue weighted by Gasteiger charge is -2.35. The maximum atomic E-state index is 14.9. The van der Waals surface area contributed by atoms with Gasteiger partial charge in [-0.05, 0) is 55.6 Å². The van der Waals surface area contributed by atoms with Crippen molar-refractivity contribution in [1.82, 2.24) is 25.8 Å². The number of nitrogens with one attached hydrogen (secondary N) is 3. The van der Waals surface area contributed by atoms with E-state index in [0.29, 0.717) is 39.1 Å². The Hall–Kier alpha value is -5.10. The SMILES string of the molecule is C#CCCC(=O)OCN(C(=O)[C@H](CCc1ccccc1)NC(=O)CN1CCOCC1)[C@@H](CC(C)C)C(=O)N[C@@H](Cc1ccccc1)C(=O)N[C@@H](CC(C)C)C(=O)[C@]1(C)CO1. The maximum absolute atomic E-state index is 14.9. The van der Waals surface area contributed by atoms with Crippen LogP contribution in [0.25, 0.3) is 0 Å². The Balaban J connectivity index is 1.68. The van der Waals surface area contributed by atoms with Crippen LogP contribution in [0.3, 0.4) is 0 Å². The van der Waals surface area contributed by atoms with Gasteiger partial charge in [-0.3, -0.25) is 38.6 Å². The Morgan fingerprint density at radius 2 is 1.43 bits per heavy atom. The van der Waals surface area contributed by atoms with Crippen molar-refractivity contribution >= 4 is 35.4 Å². The van der Waals surface area contributed by atoms with Crippen LogP contribution in [-0.2, 0) is 55.8 Å². The van der Waals surface area contributed by atoms with Crippen LogP contribution in [0.4, 0.5) is 0 Å². The number of ketones is 1. The number of Topliss-reactive ketones (excluding diaryl/α,β-unsaturated/α-hetero) is 1. The van der Waals surface area contributed by atoms with Gasteiger partial charge >= 0.3 is 5.97 Å². The molecule has 0 spiro atoms. The number of terminal acetylenes is 1.